The number of hydrogen-bond donors (Lipinski definition) is 2. The van der Waals surface area contributed by atoms with E-state index in [0.29, 0.717) is 5.06 Å². The van der Waals surface area contributed by atoms with Crippen molar-refractivity contribution in [2.24, 2.45) is 5.84 Å². The fourth-order valence-electron chi connectivity index (χ4n) is 0.888. The molecule has 1 atom stereocenters. The van der Waals surface area contributed by atoms with Crippen LogP contribution in [0.1, 0.15) is 6.42 Å². The van der Waals surface area contributed by atoms with Crippen molar-refractivity contribution >= 4 is 5.91 Å². The van der Waals surface area contributed by atoms with Gasteiger partial charge in [0, 0.05) is 13.6 Å². The largest absolute Gasteiger partial charge is 0.286 e. The number of nitrogens with two attached hydrogens (primary N) is 1. The highest BCUT2D eigenvalue weighted by molar-refractivity contribution is 5.81. The molecule has 1 heterocycles. The molecule has 0 aromatic heterocycles. The third-order valence-electron chi connectivity index (χ3n) is 1.67. The van der Waals surface area contributed by atoms with Crippen LogP contribution in [0.3, 0.4) is 0 Å². The van der Waals surface area contributed by atoms with Gasteiger partial charge in [-0.1, -0.05) is 0 Å². The summed E-state index contributed by atoms with van der Waals surface area (Å²) >= 11 is 0. The summed E-state index contributed by atoms with van der Waals surface area (Å²) in [7, 11) is 1.30. The van der Waals surface area contributed by atoms with Crippen LogP contribution in [0.4, 0.5) is 0 Å². The summed E-state index contributed by atoms with van der Waals surface area (Å²) in [4.78, 5) is 10.9. The van der Waals surface area contributed by atoms with Crippen LogP contribution in [-0.4, -0.2) is 40.8 Å². The molecule has 1 amide bonds. The van der Waals surface area contributed by atoms with Gasteiger partial charge in [-0.3, -0.25) is 15.8 Å². The zero-order chi connectivity index (χ0) is 7.72. The Labute approximate surface area is 58.9 Å². The standard InChI is InChI=1S/C5H11N3O2/c1-7(10)5(9)4-2-3-8(4)6/h4,10H,2-3,6H2,1H3. The third kappa shape index (κ3) is 1.11. The Balaban J connectivity index is 2.42. The summed E-state index contributed by atoms with van der Waals surface area (Å²) in [6.45, 7) is 0.726. The lowest BCUT2D eigenvalue weighted by molar-refractivity contribution is -0.170. The van der Waals surface area contributed by atoms with Crippen LogP contribution >= 0.6 is 0 Å². The lowest BCUT2D eigenvalue weighted by atomic mass is 10.1. The number of hydrogen-bond acceptors (Lipinski definition) is 4. The summed E-state index contributed by atoms with van der Waals surface area (Å²) in [5.74, 6) is 5.00. The normalized spacial score (nSPS) is 25.7. The summed E-state index contributed by atoms with van der Waals surface area (Å²) in [6, 6.07) is -0.310. The number of likely N-dealkylation sites (N-methyl/N-ethyl adjacent to an activating group) is 1. The Bertz CT molecular complexity index is 148. The van der Waals surface area contributed by atoms with Crippen molar-refractivity contribution in [3.05, 3.63) is 0 Å². The van der Waals surface area contributed by atoms with E-state index in [1.807, 2.05) is 0 Å². The van der Waals surface area contributed by atoms with E-state index in [2.05, 4.69) is 0 Å². The fourth-order valence-corrected chi connectivity index (χ4v) is 0.888. The molecule has 0 aromatic rings. The van der Waals surface area contributed by atoms with Crippen LogP contribution in [0.25, 0.3) is 0 Å². The first kappa shape index (κ1) is 7.46. The molecule has 0 aliphatic carbocycles. The fraction of sp³-hybridized carbons (Fsp3) is 0.800. The number of hydroxylamine groups is 2. The van der Waals surface area contributed by atoms with Crippen LogP contribution in [0.15, 0.2) is 0 Å². The van der Waals surface area contributed by atoms with E-state index in [0.717, 1.165) is 13.0 Å². The van der Waals surface area contributed by atoms with Crippen molar-refractivity contribution in [3.8, 4) is 0 Å². The lowest BCUT2D eigenvalue weighted by Gasteiger charge is -2.36. The predicted octanol–water partition coefficient (Wildman–Crippen LogP) is -1.22. The molecule has 1 aliphatic rings. The van der Waals surface area contributed by atoms with E-state index in [1.54, 1.807) is 0 Å². The maximum absolute atomic E-state index is 10.9. The van der Waals surface area contributed by atoms with Gasteiger partial charge in [0.05, 0.1) is 0 Å². The molecule has 5 nitrogen and oxygen atoms in total. The zero-order valence-corrected chi connectivity index (χ0v) is 5.82. The van der Waals surface area contributed by atoms with Gasteiger partial charge in [0.1, 0.15) is 6.04 Å². The summed E-state index contributed by atoms with van der Waals surface area (Å²) in [5.41, 5.74) is 0. The van der Waals surface area contributed by atoms with Crippen molar-refractivity contribution in [2.75, 3.05) is 13.6 Å². The number of hydrazine groups is 1. The van der Waals surface area contributed by atoms with E-state index in [4.69, 9.17) is 11.0 Å². The molecule has 10 heavy (non-hydrogen) atoms. The van der Waals surface area contributed by atoms with Crippen molar-refractivity contribution in [2.45, 2.75) is 12.5 Å². The quantitative estimate of drug-likeness (QED) is 0.276. The molecule has 5 heteroatoms. The molecule has 1 fully saturated rings. The number of carbonyl (C=O) groups is 1. The maximum Gasteiger partial charge on any atom is 0.264 e. The smallest absolute Gasteiger partial charge is 0.264 e. The van der Waals surface area contributed by atoms with E-state index >= 15 is 0 Å². The SMILES string of the molecule is CN(O)C(=O)C1CCN1N. The van der Waals surface area contributed by atoms with Crippen LogP contribution in [-0.2, 0) is 4.79 Å². The topological polar surface area (TPSA) is 69.8 Å². The second-order valence-corrected chi connectivity index (χ2v) is 2.40. The van der Waals surface area contributed by atoms with Gasteiger partial charge in [0.15, 0.2) is 0 Å². The molecular formula is C5H11N3O2. The number of rotatable bonds is 1. The second kappa shape index (κ2) is 2.53. The van der Waals surface area contributed by atoms with Crippen molar-refractivity contribution < 1.29 is 10.0 Å². The van der Waals surface area contributed by atoms with E-state index in [9.17, 15) is 4.79 Å². The lowest BCUT2D eigenvalue weighted by Crippen LogP contribution is -2.59. The minimum atomic E-state index is -0.339. The third-order valence-corrected chi connectivity index (χ3v) is 1.67. The monoisotopic (exact) mass is 145 g/mol. The number of carbonyl (C=O) groups excluding carboxylic acids is 1. The van der Waals surface area contributed by atoms with Gasteiger partial charge in [-0.2, -0.15) is 0 Å². The Morgan fingerprint density at radius 3 is 2.60 bits per heavy atom. The van der Waals surface area contributed by atoms with E-state index in [-0.39, 0.29) is 11.9 Å². The molecule has 1 unspecified atom stereocenters. The molecule has 1 aliphatic heterocycles. The van der Waals surface area contributed by atoms with Gasteiger partial charge in [0.25, 0.3) is 5.91 Å². The Hall–Kier alpha value is -0.650. The predicted molar refractivity (Wildman–Crippen MR) is 33.9 cm³/mol. The van der Waals surface area contributed by atoms with Crippen LogP contribution in [0, 0.1) is 0 Å². The van der Waals surface area contributed by atoms with Crippen LogP contribution in [0.2, 0.25) is 0 Å². The summed E-state index contributed by atoms with van der Waals surface area (Å²) < 4.78 is 0. The van der Waals surface area contributed by atoms with Gasteiger partial charge >= 0.3 is 0 Å². The van der Waals surface area contributed by atoms with Gasteiger partial charge in [-0.15, -0.1) is 0 Å². The maximum atomic E-state index is 10.9. The molecule has 0 aromatic carbocycles. The molecule has 3 N–H and O–H groups in total. The minimum absolute atomic E-state index is 0.310. The minimum Gasteiger partial charge on any atom is -0.286 e. The van der Waals surface area contributed by atoms with Gasteiger partial charge in [0.2, 0.25) is 0 Å². The highest BCUT2D eigenvalue weighted by Crippen LogP contribution is 2.13. The van der Waals surface area contributed by atoms with Crippen molar-refractivity contribution in [3.63, 3.8) is 0 Å². The zero-order valence-electron chi connectivity index (χ0n) is 5.82. The Morgan fingerprint density at radius 1 is 1.90 bits per heavy atom. The van der Waals surface area contributed by atoms with E-state index < -0.39 is 0 Å². The molecule has 0 saturated carbocycles. The summed E-state index contributed by atoms with van der Waals surface area (Å²) in [5, 5.41) is 10.7. The molecular weight excluding hydrogens is 134 g/mol. The first-order valence-corrected chi connectivity index (χ1v) is 3.10. The van der Waals surface area contributed by atoms with Crippen LogP contribution < -0.4 is 5.84 Å². The summed E-state index contributed by atoms with van der Waals surface area (Å²) in [6.07, 6.45) is 0.736. The highest BCUT2D eigenvalue weighted by Gasteiger charge is 2.33. The average molecular weight is 145 g/mol. The van der Waals surface area contributed by atoms with Gasteiger partial charge in [-0.05, 0) is 6.42 Å². The molecule has 1 rings (SSSR count). The van der Waals surface area contributed by atoms with Crippen LogP contribution in [0.5, 0.6) is 0 Å². The van der Waals surface area contributed by atoms with Crippen molar-refractivity contribution in [1.29, 1.82) is 0 Å². The molecule has 0 radical (unpaired) electrons. The second-order valence-electron chi connectivity index (χ2n) is 2.40. The Morgan fingerprint density at radius 2 is 2.50 bits per heavy atom. The average Bonchev–Trinajstić information content (AvgIpc) is 1.84. The molecule has 58 valence electrons. The first-order valence-electron chi connectivity index (χ1n) is 3.10. The molecule has 1 saturated heterocycles. The van der Waals surface area contributed by atoms with E-state index in [1.165, 1.54) is 12.1 Å². The highest BCUT2D eigenvalue weighted by atomic mass is 16.5. The first-order chi connectivity index (χ1) is 4.63. The molecule has 0 spiro atoms. The number of amides is 1. The van der Waals surface area contributed by atoms with Gasteiger partial charge in [-0.25, -0.2) is 10.1 Å². The number of nitrogens with zero attached hydrogens (tertiary/aromatic N) is 2. The molecule has 0 bridgehead atoms. The van der Waals surface area contributed by atoms with Crippen molar-refractivity contribution in [1.82, 2.24) is 10.1 Å². The van der Waals surface area contributed by atoms with Gasteiger partial charge < -0.3 is 0 Å². The Kier molecular flexibility index (Phi) is 1.89.